The maximum atomic E-state index is 12.2. The number of H-pyrrole nitrogens is 1. The van der Waals surface area contributed by atoms with Crippen molar-refractivity contribution in [3.8, 4) is 0 Å². The molecule has 3 unspecified atom stereocenters. The Morgan fingerprint density at radius 2 is 1.81 bits per heavy atom. The Balaban J connectivity index is 1.92. The first-order valence-electron chi connectivity index (χ1n) is 9.39. The van der Waals surface area contributed by atoms with Gasteiger partial charge in [0.25, 0.3) is 0 Å². The molecule has 1 aromatic heterocycles. The maximum absolute atomic E-state index is 12.2. The van der Waals surface area contributed by atoms with Crippen molar-refractivity contribution in [2.75, 3.05) is 18.9 Å². The van der Waals surface area contributed by atoms with Gasteiger partial charge in [0.05, 0.1) is 13.2 Å². The zero-order valence-electron chi connectivity index (χ0n) is 16.5. The Bertz CT molecular complexity index is 949. The van der Waals surface area contributed by atoms with Crippen molar-refractivity contribution in [1.29, 1.82) is 0 Å². The number of carbonyl (C=O) groups is 4. The van der Waals surface area contributed by atoms with Gasteiger partial charge in [0.15, 0.2) is 0 Å². The highest BCUT2D eigenvalue weighted by atomic mass is 32.1. The number of carboxylic acids is 1. The summed E-state index contributed by atoms with van der Waals surface area (Å²) in [5, 5.41) is 26.2. The van der Waals surface area contributed by atoms with Gasteiger partial charge in [-0.05, 0) is 11.6 Å². The summed E-state index contributed by atoms with van der Waals surface area (Å²) in [6.45, 7) is -1.09. The second kappa shape index (κ2) is 11.3. The highest BCUT2D eigenvalue weighted by Gasteiger charge is 2.25. The molecule has 1 heterocycles. The summed E-state index contributed by atoms with van der Waals surface area (Å²) in [6.07, 6.45) is 1.74. The average molecular weight is 452 g/mol. The summed E-state index contributed by atoms with van der Waals surface area (Å²) < 4.78 is 0. The smallest absolute Gasteiger partial charge is 0.326 e. The van der Waals surface area contributed by atoms with Crippen molar-refractivity contribution in [2.24, 2.45) is 5.73 Å². The minimum atomic E-state index is -1.22. The molecule has 0 saturated heterocycles. The first kappa shape index (κ1) is 24.2. The number of aromatic amines is 1. The standard InChI is InChI=1S/C19H25N5O6S/c20-12(8-25)17(27)24-15(9-31)18(28)22-7-16(26)23-14(19(29)30)5-10-6-21-13-4-2-1-3-11(10)13/h1-4,6,12,14-15,21,25,31H,5,7-9,20H2,(H,22,28)(H,23,26)(H,24,27)(H,29,30). The fourth-order valence-corrected chi connectivity index (χ4v) is 3.07. The van der Waals surface area contributed by atoms with E-state index in [9.17, 15) is 24.3 Å². The Morgan fingerprint density at radius 3 is 2.45 bits per heavy atom. The van der Waals surface area contributed by atoms with E-state index in [1.165, 1.54) is 0 Å². The molecule has 2 rings (SSSR count). The molecule has 1 aromatic carbocycles. The molecule has 0 aliphatic rings. The lowest BCUT2D eigenvalue weighted by Gasteiger charge is -2.19. The number of hydrogen-bond acceptors (Lipinski definition) is 7. The van der Waals surface area contributed by atoms with Crippen molar-refractivity contribution in [2.45, 2.75) is 24.5 Å². The predicted molar refractivity (Wildman–Crippen MR) is 115 cm³/mol. The van der Waals surface area contributed by atoms with E-state index >= 15 is 0 Å². The molecule has 31 heavy (non-hydrogen) atoms. The number of carboxylic acid groups (broad SMARTS) is 1. The number of hydrogen-bond donors (Lipinski definition) is 8. The van der Waals surface area contributed by atoms with Crippen LogP contribution in [0.2, 0.25) is 0 Å². The molecule has 0 radical (unpaired) electrons. The zero-order chi connectivity index (χ0) is 23.0. The molecule has 0 bridgehead atoms. The van der Waals surface area contributed by atoms with E-state index in [1.54, 1.807) is 6.20 Å². The summed E-state index contributed by atoms with van der Waals surface area (Å²) in [7, 11) is 0. The van der Waals surface area contributed by atoms with Gasteiger partial charge in [0, 0.05) is 29.3 Å². The number of thiol groups is 1. The van der Waals surface area contributed by atoms with Crippen LogP contribution in [0.25, 0.3) is 10.9 Å². The molecule has 3 amide bonds. The monoisotopic (exact) mass is 451 g/mol. The number of para-hydroxylation sites is 1. The van der Waals surface area contributed by atoms with Crippen LogP contribution in [0.5, 0.6) is 0 Å². The Morgan fingerprint density at radius 1 is 1.10 bits per heavy atom. The normalized spacial score (nSPS) is 13.8. The van der Waals surface area contributed by atoms with E-state index in [1.807, 2.05) is 24.3 Å². The van der Waals surface area contributed by atoms with Crippen LogP contribution in [0.3, 0.4) is 0 Å². The lowest BCUT2D eigenvalue weighted by Crippen LogP contribution is -2.55. The minimum absolute atomic E-state index is 0.0490. The van der Waals surface area contributed by atoms with Gasteiger partial charge >= 0.3 is 5.97 Å². The Hall–Kier alpha value is -3.09. The third-order valence-electron chi connectivity index (χ3n) is 4.50. The molecular formula is C19H25N5O6S. The molecule has 12 heteroatoms. The summed E-state index contributed by atoms with van der Waals surface area (Å²) in [5.74, 6) is -3.45. The quantitative estimate of drug-likeness (QED) is 0.184. The van der Waals surface area contributed by atoms with Gasteiger partial charge < -0.3 is 36.9 Å². The summed E-state index contributed by atoms with van der Waals surface area (Å²) in [6, 6.07) is 3.89. The number of carbonyl (C=O) groups excluding carboxylic acids is 3. The van der Waals surface area contributed by atoms with Crippen LogP contribution in [0.15, 0.2) is 30.5 Å². The zero-order valence-corrected chi connectivity index (χ0v) is 17.4. The van der Waals surface area contributed by atoms with E-state index in [0.717, 1.165) is 16.5 Å². The summed E-state index contributed by atoms with van der Waals surface area (Å²) >= 11 is 3.97. The van der Waals surface area contributed by atoms with E-state index in [4.69, 9.17) is 10.8 Å². The molecule has 0 aliphatic heterocycles. The molecular weight excluding hydrogens is 426 g/mol. The summed E-state index contributed by atoms with van der Waals surface area (Å²) in [4.78, 5) is 50.7. The molecule has 8 N–H and O–H groups in total. The molecule has 0 spiro atoms. The number of amides is 3. The molecule has 0 saturated carbocycles. The number of benzene rings is 1. The number of fused-ring (bicyclic) bond motifs is 1. The fourth-order valence-electron chi connectivity index (χ4n) is 2.81. The van der Waals surface area contributed by atoms with Gasteiger partial charge in [-0.3, -0.25) is 14.4 Å². The molecule has 168 valence electrons. The number of nitrogens with one attached hydrogen (secondary N) is 4. The third kappa shape index (κ3) is 6.70. The molecule has 2 aromatic rings. The lowest BCUT2D eigenvalue weighted by atomic mass is 10.0. The van der Waals surface area contributed by atoms with Crippen LogP contribution < -0.4 is 21.7 Å². The van der Waals surface area contributed by atoms with Gasteiger partial charge in [-0.15, -0.1) is 0 Å². The molecule has 11 nitrogen and oxygen atoms in total. The van der Waals surface area contributed by atoms with Gasteiger partial charge in [-0.2, -0.15) is 12.6 Å². The second-order valence-electron chi connectivity index (χ2n) is 6.77. The van der Waals surface area contributed by atoms with Gasteiger partial charge in [0.2, 0.25) is 17.7 Å². The van der Waals surface area contributed by atoms with Gasteiger partial charge in [-0.1, -0.05) is 18.2 Å². The van der Waals surface area contributed by atoms with Crippen LogP contribution in [0.1, 0.15) is 5.56 Å². The minimum Gasteiger partial charge on any atom is -0.480 e. The largest absolute Gasteiger partial charge is 0.480 e. The Kier molecular flexibility index (Phi) is 8.85. The maximum Gasteiger partial charge on any atom is 0.326 e. The van der Waals surface area contributed by atoms with Gasteiger partial charge in [-0.25, -0.2) is 4.79 Å². The SMILES string of the molecule is NC(CO)C(=O)NC(CS)C(=O)NCC(=O)NC(Cc1c[nH]c2ccccc12)C(=O)O. The first-order valence-corrected chi connectivity index (χ1v) is 10.0. The second-order valence-corrected chi connectivity index (χ2v) is 7.14. The topological polar surface area (TPSA) is 187 Å². The lowest BCUT2D eigenvalue weighted by molar-refractivity contribution is -0.141. The Labute approximate surface area is 183 Å². The van der Waals surface area contributed by atoms with Crippen LogP contribution in [0.4, 0.5) is 0 Å². The first-order chi connectivity index (χ1) is 14.8. The number of rotatable bonds is 11. The summed E-state index contributed by atoms with van der Waals surface area (Å²) in [5.41, 5.74) is 6.95. The van der Waals surface area contributed by atoms with Crippen molar-refractivity contribution in [1.82, 2.24) is 20.9 Å². The van der Waals surface area contributed by atoms with Crippen LogP contribution >= 0.6 is 12.6 Å². The predicted octanol–water partition coefficient (Wildman–Crippen LogP) is -1.87. The number of aliphatic carboxylic acids is 1. The molecule has 0 aliphatic carbocycles. The van der Waals surface area contributed by atoms with Crippen molar-refractivity contribution < 1.29 is 29.4 Å². The van der Waals surface area contributed by atoms with E-state index < -0.39 is 55.0 Å². The van der Waals surface area contributed by atoms with Crippen molar-refractivity contribution >= 4 is 47.2 Å². The average Bonchev–Trinajstić information content (AvgIpc) is 3.17. The number of nitrogens with two attached hydrogens (primary N) is 1. The fraction of sp³-hybridized carbons (Fsp3) is 0.368. The third-order valence-corrected chi connectivity index (χ3v) is 4.87. The molecule has 0 fully saturated rings. The van der Waals surface area contributed by atoms with E-state index in [-0.39, 0.29) is 12.2 Å². The van der Waals surface area contributed by atoms with E-state index in [2.05, 4.69) is 33.6 Å². The van der Waals surface area contributed by atoms with Crippen LogP contribution in [-0.4, -0.2) is 75.9 Å². The van der Waals surface area contributed by atoms with Crippen molar-refractivity contribution in [3.05, 3.63) is 36.0 Å². The number of aliphatic hydroxyl groups is 1. The number of aliphatic hydroxyl groups excluding tert-OH is 1. The highest BCUT2D eigenvalue weighted by molar-refractivity contribution is 7.80. The highest BCUT2D eigenvalue weighted by Crippen LogP contribution is 2.19. The van der Waals surface area contributed by atoms with Gasteiger partial charge in [0.1, 0.15) is 18.1 Å². The van der Waals surface area contributed by atoms with E-state index in [0.29, 0.717) is 0 Å². The van der Waals surface area contributed by atoms with Crippen LogP contribution in [-0.2, 0) is 25.6 Å². The van der Waals surface area contributed by atoms with Crippen LogP contribution in [0, 0.1) is 0 Å². The number of aromatic nitrogens is 1. The molecule has 3 atom stereocenters. The van der Waals surface area contributed by atoms with Crippen molar-refractivity contribution in [3.63, 3.8) is 0 Å².